The van der Waals surface area contributed by atoms with E-state index in [-0.39, 0.29) is 6.04 Å². The van der Waals surface area contributed by atoms with Crippen LogP contribution in [-0.2, 0) is 4.79 Å². The Morgan fingerprint density at radius 1 is 1.36 bits per heavy atom. The second-order valence-electron chi connectivity index (χ2n) is 4.41. The van der Waals surface area contributed by atoms with Gasteiger partial charge in [-0.05, 0) is 32.7 Å². The lowest BCUT2D eigenvalue weighted by molar-refractivity contribution is -0.144. The van der Waals surface area contributed by atoms with Crippen LogP contribution >= 0.6 is 0 Å². The SMILES string of the molecule is CC[C@H](C)N(C)[C@@H](CC(C)C)C(=O)O. The van der Waals surface area contributed by atoms with Gasteiger partial charge in [0.1, 0.15) is 6.04 Å². The predicted octanol–water partition coefficient (Wildman–Crippen LogP) is 2.22. The molecule has 3 heteroatoms. The number of carboxylic acids is 1. The molecule has 0 aromatic heterocycles. The molecule has 0 spiro atoms. The van der Waals surface area contributed by atoms with Crippen molar-refractivity contribution in [2.24, 2.45) is 5.92 Å². The summed E-state index contributed by atoms with van der Waals surface area (Å²) >= 11 is 0. The molecule has 0 aromatic carbocycles. The molecule has 14 heavy (non-hydrogen) atoms. The van der Waals surface area contributed by atoms with Crippen molar-refractivity contribution in [3.63, 3.8) is 0 Å². The molecule has 0 radical (unpaired) electrons. The van der Waals surface area contributed by atoms with Crippen molar-refractivity contribution in [1.29, 1.82) is 0 Å². The smallest absolute Gasteiger partial charge is 0.320 e. The van der Waals surface area contributed by atoms with Crippen molar-refractivity contribution in [2.75, 3.05) is 7.05 Å². The van der Waals surface area contributed by atoms with Crippen LogP contribution in [0.5, 0.6) is 0 Å². The third-order valence-corrected chi connectivity index (χ3v) is 2.76. The van der Waals surface area contributed by atoms with Gasteiger partial charge in [-0.25, -0.2) is 0 Å². The van der Waals surface area contributed by atoms with Gasteiger partial charge in [-0.1, -0.05) is 20.8 Å². The highest BCUT2D eigenvalue weighted by Gasteiger charge is 2.25. The number of hydrogen-bond acceptors (Lipinski definition) is 2. The molecule has 0 aliphatic carbocycles. The van der Waals surface area contributed by atoms with E-state index >= 15 is 0 Å². The lowest BCUT2D eigenvalue weighted by Crippen LogP contribution is -2.44. The molecule has 0 bridgehead atoms. The maximum Gasteiger partial charge on any atom is 0.320 e. The van der Waals surface area contributed by atoms with E-state index in [1.165, 1.54) is 0 Å². The largest absolute Gasteiger partial charge is 0.480 e. The summed E-state index contributed by atoms with van der Waals surface area (Å²) in [5.74, 6) is -0.288. The van der Waals surface area contributed by atoms with E-state index in [1.807, 2.05) is 11.9 Å². The molecule has 0 aromatic rings. The van der Waals surface area contributed by atoms with Crippen LogP contribution < -0.4 is 0 Å². The zero-order valence-corrected chi connectivity index (χ0v) is 9.95. The van der Waals surface area contributed by atoms with Gasteiger partial charge in [-0.3, -0.25) is 9.69 Å². The average Bonchev–Trinajstić information content (AvgIpc) is 2.11. The van der Waals surface area contributed by atoms with Gasteiger partial charge < -0.3 is 5.11 Å². The third kappa shape index (κ3) is 4.09. The molecule has 1 N–H and O–H groups in total. The topological polar surface area (TPSA) is 40.5 Å². The summed E-state index contributed by atoms with van der Waals surface area (Å²) in [5.41, 5.74) is 0. The molecule has 0 rings (SSSR count). The predicted molar refractivity (Wildman–Crippen MR) is 58.4 cm³/mol. The normalized spacial score (nSPS) is 15.9. The number of likely N-dealkylation sites (N-methyl/N-ethyl adjacent to an activating group) is 1. The second-order valence-corrected chi connectivity index (χ2v) is 4.41. The molecule has 3 nitrogen and oxygen atoms in total. The fourth-order valence-electron chi connectivity index (χ4n) is 1.48. The van der Waals surface area contributed by atoms with Crippen LogP contribution in [0.2, 0.25) is 0 Å². The lowest BCUT2D eigenvalue weighted by Gasteiger charge is -2.30. The Balaban J connectivity index is 4.40. The van der Waals surface area contributed by atoms with Crippen LogP contribution in [-0.4, -0.2) is 35.1 Å². The van der Waals surface area contributed by atoms with E-state index in [9.17, 15) is 4.79 Å². The Morgan fingerprint density at radius 2 is 1.86 bits per heavy atom. The molecule has 84 valence electrons. The second kappa shape index (κ2) is 6.02. The van der Waals surface area contributed by atoms with E-state index < -0.39 is 5.97 Å². The summed E-state index contributed by atoms with van der Waals surface area (Å²) in [5, 5.41) is 9.10. The van der Waals surface area contributed by atoms with Crippen molar-refractivity contribution < 1.29 is 9.90 Å². The molecule has 0 saturated heterocycles. The molecular formula is C11H23NO2. The summed E-state index contributed by atoms with van der Waals surface area (Å²) in [6, 6.07) is -0.0141. The van der Waals surface area contributed by atoms with Crippen LogP contribution in [0, 0.1) is 5.92 Å². The minimum Gasteiger partial charge on any atom is -0.480 e. The van der Waals surface area contributed by atoms with Gasteiger partial charge in [0.15, 0.2) is 0 Å². The van der Waals surface area contributed by atoms with Crippen molar-refractivity contribution in [3.05, 3.63) is 0 Å². The molecule has 0 amide bonds. The van der Waals surface area contributed by atoms with Crippen LogP contribution in [0.3, 0.4) is 0 Å². The molecule has 0 unspecified atom stereocenters. The van der Waals surface area contributed by atoms with Crippen LogP contribution in [0.4, 0.5) is 0 Å². The number of carbonyl (C=O) groups is 1. The van der Waals surface area contributed by atoms with Crippen molar-refractivity contribution in [3.8, 4) is 0 Å². The van der Waals surface area contributed by atoms with Crippen molar-refractivity contribution >= 4 is 5.97 Å². The summed E-state index contributed by atoms with van der Waals surface area (Å²) < 4.78 is 0. The molecule has 0 fully saturated rings. The van der Waals surface area contributed by atoms with E-state index in [1.54, 1.807) is 0 Å². The fourth-order valence-corrected chi connectivity index (χ4v) is 1.48. The molecule has 0 saturated carbocycles. The zero-order valence-electron chi connectivity index (χ0n) is 9.95. The summed E-state index contributed by atoms with van der Waals surface area (Å²) in [6.45, 7) is 8.26. The zero-order chi connectivity index (χ0) is 11.3. The van der Waals surface area contributed by atoms with E-state index in [2.05, 4.69) is 27.7 Å². The standard InChI is InChI=1S/C11H23NO2/c1-6-9(4)12(5)10(11(13)14)7-8(2)3/h8-10H,6-7H2,1-5H3,(H,13,14)/t9-,10-/m0/s1. The van der Waals surface area contributed by atoms with Crippen LogP contribution in [0.1, 0.15) is 40.5 Å². The molecule has 2 atom stereocenters. The summed E-state index contributed by atoms with van der Waals surface area (Å²) in [4.78, 5) is 13.0. The Labute approximate surface area is 87.1 Å². The first kappa shape index (κ1) is 13.4. The van der Waals surface area contributed by atoms with Crippen molar-refractivity contribution in [2.45, 2.75) is 52.6 Å². The molecule has 0 aliphatic rings. The van der Waals surface area contributed by atoms with Crippen LogP contribution in [0.25, 0.3) is 0 Å². The number of carboxylic acid groups (broad SMARTS) is 1. The lowest BCUT2D eigenvalue weighted by atomic mass is 10.0. The highest BCUT2D eigenvalue weighted by molar-refractivity contribution is 5.73. The molecule has 0 heterocycles. The van der Waals surface area contributed by atoms with Gasteiger partial charge in [0, 0.05) is 6.04 Å². The number of nitrogens with zero attached hydrogens (tertiary/aromatic N) is 1. The first-order valence-corrected chi connectivity index (χ1v) is 5.34. The maximum absolute atomic E-state index is 11.1. The minimum absolute atomic E-state index is 0.329. The highest BCUT2D eigenvalue weighted by atomic mass is 16.4. The number of aliphatic carboxylic acids is 1. The fraction of sp³-hybridized carbons (Fsp3) is 0.909. The average molecular weight is 201 g/mol. The maximum atomic E-state index is 11.1. The van der Waals surface area contributed by atoms with Gasteiger partial charge in [-0.15, -0.1) is 0 Å². The Kier molecular flexibility index (Phi) is 5.77. The summed E-state index contributed by atoms with van der Waals surface area (Å²) in [6.07, 6.45) is 1.70. The Morgan fingerprint density at radius 3 is 2.14 bits per heavy atom. The van der Waals surface area contributed by atoms with Gasteiger partial charge in [0.05, 0.1) is 0 Å². The monoisotopic (exact) mass is 201 g/mol. The highest BCUT2D eigenvalue weighted by Crippen LogP contribution is 2.14. The van der Waals surface area contributed by atoms with E-state index in [0.717, 1.165) is 12.8 Å². The Bertz CT molecular complexity index is 180. The third-order valence-electron chi connectivity index (χ3n) is 2.76. The first-order chi connectivity index (χ1) is 6.40. The van der Waals surface area contributed by atoms with Gasteiger partial charge in [-0.2, -0.15) is 0 Å². The van der Waals surface area contributed by atoms with Gasteiger partial charge in [0.25, 0.3) is 0 Å². The summed E-state index contributed by atoms with van der Waals surface area (Å²) in [7, 11) is 1.90. The van der Waals surface area contributed by atoms with E-state index in [4.69, 9.17) is 5.11 Å². The number of hydrogen-bond donors (Lipinski definition) is 1. The quantitative estimate of drug-likeness (QED) is 0.716. The van der Waals surface area contributed by atoms with Gasteiger partial charge in [0.2, 0.25) is 0 Å². The van der Waals surface area contributed by atoms with E-state index in [0.29, 0.717) is 12.0 Å². The first-order valence-electron chi connectivity index (χ1n) is 5.34. The number of rotatable bonds is 6. The minimum atomic E-state index is -0.707. The van der Waals surface area contributed by atoms with Crippen molar-refractivity contribution in [1.82, 2.24) is 4.90 Å². The van der Waals surface area contributed by atoms with Gasteiger partial charge >= 0.3 is 5.97 Å². The van der Waals surface area contributed by atoms with Crippen LogP contribution in [0.15, 0.2) is 0 Å². The molecule has 0 aliphatic heterocycles. The molecular weight excluding hydrogens is 178 g/mol. The Hall–Kier alpha value is -0.570.